The highest BCUT2D eigenvalue weighted by Crippen LogP contribution is 2.40. The average Bonchev–Trinajstić information content (AvgIpc) is 3.13. The second kappa shape index (κ2) is 10.7. The minimum Gasteiger partial charge on any atom is -0.370 e. The number of nitrogens with zero attached hydrogens (tertiary/aromatic N) is 3. The minimum atomic E-state index is -4.18. The van der Waals surface area contributed by atoms with E-state index in [-0.39, 0.29) is 38.4 Å². The van der Waals surface area contributed by atoms with E-state index in [0.717, 1.165) is 5.52 Å². The molecule has 0 spiro atoms. The van der Waals surface area contributed by atoms with E-state index in [1.165, 1.54) is 0 Å². The van der Waals surface area contributed by atoms with Crippen molar-refractivity contribution in [2.75, 3.05) is 23.3 Å². The van der Waals surface area contributed by atoms with Crippen LogP contribution in [0, 0.1) is 11.3 Å². The standard InChI is InChI=1S/C26H29Cl3F3N5O/c1-25(2,3)23(38)33-13-14-5-6-16(27)22(21(14)29)35-24-34-18-11-17(28)19(12-20(18)36(24)4)37-9-7-15(8-10-37)26(30,31)32/h5-6,11-12,15H,7-10,13H2,1-4H3,(H,33,38)(H,34,35). The molecule has 2 N–H and O–H groups in total. The molecule has 3 aromatic rings. The van der Waals surface area contributed by atoms with Gasteiger partial charge in [-0.1, -0.05) is 61.6 Å². The van der Waals surface area contributed by atoms with Crippen LogP contribution in [0.4, 0.5) is 30.5 Å². The number of alkyl halides is 3. The molecule has 4 rings (SSSR count). The van der Waals surface area contributed by atoms with E-state index in [1.54, 1.807) is 29.8 Å². The summed E-state index contributed by atoms with van der Waals surface area (Å²) >= 11 is 19.7. The van der Waals surface area contributed by atoms with Crippen LogP contribution < -0.4 is 15.5 Å². The number of imidazole rings is 1. The Morgan fingerprint density at radius 3 is 2.34 bits per heavy atom. The predicted octanol–water partition coefficient (Wildman–Crippen LogP) is 7.72. The fourth-order valence-electron chi connectivity index (χ4n) is 4.40. The number of carbonyl (C=O) groups is 1. The first-order chi connectivity index (χ1) is 17.7. The molecular formula is C26H29Cl3F3N5O. The van der Waals surface area contributed by atoms with Gasteiger partial charge in [-0.3, -0.25) is 4.79 Å². The summed E-state index contributed by atoms with van der Waals surface area (Å²) in [6, 6.07) is 6.98. The number of halogens is 6. The van der Waals surface area contributed by atoms with Crippen LogP contribution in [0.3, 0.4) is 0 Å². The molecule has 206 valence electrons. The van der Waals surface area contributed by atoms with Crippen LogP contribution in [0.25, 0.3) is 11.0 Å². The number of fused-ring (bicyclic) bond motifs is 1. The molecule has 1 aliphatic heterocycles. The van der Waals surface area contributed by atoms with E-state index in [9.17, 15) is 18.0 Å². The van der Waals surface area contributed by atoms with Crippen LogP contribution in [-0.2, 0) is 18.4 Å². The van der Waals surface area contributed by atoms with Gasteiger partial charge in [0, 0.05) is 32.1 Å². The summed E-state index contributed by atoms with van der Waals surface area (Å²) in [6.45, 7) is 6.24. The fraction of sp³-hybridized carbons (Fsp3) is 0.462. The number of amides is 1. The van der Waals surface area contributed by atoms with Crippen LogP contribution in [0.15, 0.2) is 24.3 Å². The van der Waals surface area contributed by atoms with E-state index >= 15 is 0 Å². The number of nitrogens with one attached hydrogen (secondary N) is 2. The predicted molar refractivity (Wildman–Crippen MR) is 148 cm³/mol. The quantitative estimate of drug-likeness (QED) is 0.319. The van der Waals surface area contributed by atoms with Crippen molar-refractivity contribution in [3.05, 3.63) is 44.9 Å². The van der Waals surface area contributed by atoms with Gasteiger partial charge in [0.1, 0.15) is 0 Å². The molecule has 6 nitrogen and oxygen atoms in total. The van der Waals surface area contributed by atoms with E-state index in [1.807, 2.05) is 31.7 Å². The van der Waals surface area contributed by atoms with E-state index in [2.05, 4.69) is 15.6 Å². The zero-order valence-electron chi connectivity index (χ0n) is 21.4. The lowest BCUT2D eigenvalue weighted by atomic mass is 9.95. The van der Waals surface area contributed by atoms with Crippen molar-refractivity contribution >= 4 is 69.1 Å². The molecule has 1 saturated heterocycles. The fourth-order valence-corrected chi connectivity index (χ4v) is 5.21. The van der Waals surface area contributed by atoms with Crippen molar-refractivity contribution < 1.29 is 18.0 Å². The number of hydrogen-bond donors (Lipinski definition) is 2. The lowest BCUT2D eigenvalue weighted by Gasteiger charge is -2.34. The SMILES string of the molecule is Cn1c(Nc2c(Cl)ccc(CNC(=O)C(C)(C)C)c2Cl)nc2cc(Cl)c(N3CCC(C(F)(F)F)CC3)cc21. The molecule has 0 unspecified atom stereocenters. The van der Waals surface area contributed by atoms with E-state index in [4.69, 9.17) is 34.8 Å². The molecule has 0 aliphatic carbocycles. The van der Waals surface area contributed by atoms with Gasteiger partial charge in [-0.25, -0.2) is 4.98 Å². The molecule has 0 radical (unpaired) electrons. The van der Waals surface area contributed by atoms with Gasteiger partial charge >= 0.3 is 6.18 Å². The minimum absolute atomic E-state index is 0.0274. The first kappa shape index (κ1) is 28.6. The third kappa shape index (κ3) is 5.95. The zero-order valence-corrected chi connectivity index (χ0v) is 23.7. The summed E-state index contributed by atoms with van der Waals surface area (Å²) in [5, 5.41) is 7.21. The number of piperidine rings is 1. The van der Waals surface area contributed by atoms with Gasteiger partial charge in [0.05, 0.1) is 43.4 Å². The number of aryl methyl sites for hydroxylation is 1. The topological polar surface area (TPSA) is 62.2 Å². The van der Waals surface area contributed by atoms with Crippen LogP contribution in [0.5, 0.6) is 0 Å². The van der Waals surface area contributed by atoms with Crippen molar-refractivity contribution in [3.8, 4) is 0 Å². The maximum atomic E-state index is 13.1. The molecule has 2 aromatic carbocycles. The van der Waals surface area contributed by atoms with Crippen molar-refractivity contribution in [1.82, 2.24) is 14.9 Å². The maximum Gasteiger partial charge on any atom is 0.391 e. The summed E-state index contributed by atoms with van der Waals surface area (Å²) in [5.74, 6) is -0.951. The van der Waals surface area contributed by atoms with Gasteiger partial charge in [0.15, 0.2) is 0 Å². The van der Waals surface area contributed by atoms with Crippen molar-refractivity contribution in [1.29, 1.82) is 0 Å². The Labute approximate surface area is 234 Å². The second-order valence-corrected chi connectivity index (χ2v) is 11.7. The molecule has 12 heteroatoms. The van der Waals surface area contributed by atoms with Crippen LogP contribution in [-0.4, -0.2) is 34.7 Å². The lowest BCUT2D eigenvalue weighted by Crippen LogP contribution is -2.39. The third-order valence-electron chi connectivity index (χ3n) is 6.78. The Kier molecular flexibility index (Phi) is 8.04. The Hall–Kier alpha value is -2.36. The van der Waals surface area contributed by atoms with E-state index < -0.39 is 17.5 Å². The van der Waals surface area contributed by atoms with Gasteiger partial charge in [0.2, 0.25) is 11.9 Å². The number of rotatable bonds is 5. The number of anilines is 3. The summed E-state index contributed by atoms with van der Waals surface area (Å²) in [4.78, 5) is 18.8. The van der Waals surface area contributed by atoms with Gasteiger partial charge in [-0.2, -0.15) is 13.2 Å². The molecule has 38 heavy (non-hydrogen) atoms. The largest absolute Gasteiger partial charge is 0.391 e. The Morgan fingerprint density at radius 1 is 1.08 bits per heavy atom. The molecule has 1 amide bonds. The molecule has 1 aliphatic rings. The van der Waals surface area contributed by atoms with Gasteiger partial charge in [-0.15, -0.1) is 0 Å². The van der Waals surface area contributed by atoms with Crippen molar-refractivity contribution in [2.45, 2.75) is 46.3 Å². The lowest BCUT2D eigenvalue weighted by molar-refractivity contribution is -0.179. The highest BCUT2D eigenvalue weighted by Gasteiger charge is 2.41. The number of benzene rings is 2. The Balaban J connectivity index is 1.58. The number of carbonyl (C=O) groups excluding carboxylic acids is 1. The molecule has 0 bridgehead atoms. The normalized spacial score (nSPS) is 15.3. The maximum absolute atomic E-state index is 13.1. The van der Waals surface area contributed by atoms with Crippen LogP contribution in [0.1, 0.15) is 39.2 Å². The van der Waals surface area contributed by atoms with Gasteiger partial charge in [0.25, 0.3) is 0 Å². The number of aromatic nitrogens is 2. The molecule has 0 saturated carbocycles. The Bertz CT molecular complexity index is 1360. The molecule has 0 atom stereocenters. The molecule has 2 heterocycles. The number of hydrogen-bond acceptors (Lipinski definition) is 4. The molecular weight excluding hydrogens is 562 g/mol. The van der Waals surface area contributed by atoms with Crippen molar-refractivity contribution in [2.24, 2.45) is 18.4 Å². The summed E-state index contributed by atoms with van der Waals surface area (Å²) in [7, 11) is 1.81. The van der Waals surface area contributed by atoms with Crippen molar-refractivity contribution in [3.63, 3.8) is 0 Å². The van der Waals surface area contributed by atoms with Gasteiger partial charge in [-0.05, 0) is 36.6 Å². The first-order valence-corrected chi connectivity index (χ1v) is 13.3. The van der Waals surface area contributed by atoms with Crippen LogP contribution in [0.2, 0.25) is 15.1 Å². The average molecular weight is 591 g/mol. The zero-order chi connectivity index (χ0) is 28.0. The molecule has 1 fully saturated rings. The van der Waals surface area contributed by atoms with Crippen LogP contribution >= 0.6 is 34.8 Å². The third-order valence-corrected chi connectivity index (χ3v) is 7.83. The Morgan fingerprint density at radius 2 is 1.74 bits per heavy atom. The van der Waals surface area contributed by atoms with E-state index in [0.29, 0.717) is 43.5 Å². The highest BCUT2D eigenvalue weighted by molar-refractivity contribution is 6.39. The monoisotopic (exact) mass is 589 g/mol. The first-order valence-electron chi connectivity index (χ1n) is 12.2. The summed E-state index contributed by atoms with van der Waals surface area (Å²) < 4.78 is 41.1. The summed E-state index contributed by atoms with van der Waals surface area (Å²) in [6.07, 6.45) is -4.13. The van der Waals surface area contributed by atoms with Gasteiger partial charge < -0.3 is 20.1 Å². The molecule has 1 aromatic heterocycles. The summed E-state index contributed by atoms with van der Waals surface area (Å²) in [5.41, 5.74) is 2.60. The smallest absolute Gasteiger partial charge is 0.370 e. The second-order valence-electron chi connectivity index (χ2n) is 10.5. The highest BCUT2D eigenvalue weighted by atomic mass is 35.5.